The molecule has 3 aliphatic heterocycles. The highest BCUT2D eigenvalue weighted by Gasteiger charge is 2.49. The number of likely N-dealkylation sites (tertiary alicyclic amines) is 1. The van der Waals surface area contributed by atoms with Gasteiger partial charge in [0.05, 0.1) is 29.6 Å². The van der Waals surface area contributed by atoms with E-state index < -0.39 is 5.41 Å². The summed E-state index contributed by atoms with van der Waals surface area (Å²) in [7, 11) is 2.11. The second kappa shape index (κ2) is 10.5. The normalized spacial score (nSPS) is 25.8. The number of anilines is 2. The molecule has 4 aliphatic rings. The monoisotopic (exact) mass is 541 g/mol. The molecule has 2 saturated heterocycles. The number of likely N-dealkylation sites (N-methyl/N-ethyl adjacent to an activating group) is 1. The number of nitrogens with zero attached hydrogens (tertiary/aromatic N) is 6. The molecule has 4 heterocycles. The van der Waals surface area contributed by atoms with Gasteiger partial charge in [-0.25, -0.2) is 0 Å². The number of rotatable bonds is 6. The molecule has 1 aliphatic carbocycles. The molecule has 40 heavy (non-hydrogen) atoms. The molecule has 2 unspecified atom stereocenters. The van der Waals surface area contributed by atoms with E-state index in [9.17, 15) is 14.9 Å². The predicted octanol–water partition coefficient (Wildman–Crippen LogP) is 2.45. The third-order valence-electron chi connectivity index (χ3n) is 9.09. The van der Waals surface area contributed by atoms with E-state index in [2.05, 4.69) is 34.8 Å². The molecule has 0 saturated carbocycles. The number of carbonyl (C=O) groups excluding carboxylic acids is 2. The van der Waals surface area contributed by atoms with E-state index in [1.54, 1.807) is 4.90 Å². The molecule has 208 valence electrons. The van der Waals surface area contributed by atoms with Gasteiger partial charge in [0.25, 0.3) is 0 Å². The standard InChI is InChI=1S/C30H35N7O3/c1-3-26(38)37-16-15-36(18-20(37)11-13-31)27-22-10-12-30(23-8-4-5-9-24(23)32-28(30)39)17-25(22)33-29(34-27)40-19-21-7-6-14-35(21)2/h3-5,8-9,20-21H,1,6-7,10-12,14-19H2,2H3,(H,32,39)/t20?,21-,30?/m0/s1. The molecule has 1 aromatic carbocycles. The summed E-state index contributed by atoms with van der Waals surface area (Å²) in [6, 6.07) is 10.5. The van der Waals surface area contributed by atoms with Crippen LogP contribution in [0.2, 0.25) is 0 Å². The first-order valence-electron chi connectivity index (χ1n) is 14.1. The maximum atomic E-state index is 13.4. The summed E-state index contributed by atoms with van der Waals surface area (Å²) in [4.78, 5) is 41.9. The van der Waals surface area contributed by atoms with Gasteiger partial charge in [-0.3, -0.25) is 9.59 Å². The fourth-order valence-electron chi connectivity index (χ4n) is 6.83. The highest BCUT2D eigenvalue weighted by atomic mass is 16.5. The van der Waals surface area contributed by atoms with E-state index in [-0.39, 0.29) is 24.3 Å². The quantitative estimate of drug-likeness (QED) is 0.555. The zero-order chi connectivity index (χ0) is 27.9. The number of hydrogen-bond acceptors (Lipinski definition) is 8. The highest BCUT2D eigenvalue weighted by molar-refractivity contribution is 6.06. The first kappa shape index (κ1) is 26.3. The molecule has 0 radical (unpaired) electrons. The van der Waals surface area contributed by atoms with Crippen LogP contribution in [0.15, 0.2) is 36.9 Å². The molecule has 1 spiro atoms. The Bertz CT molecular complexity index is 1390. The van der Waals surface area contributed by atoms with Gasteiger partial charge in [0.2, 0.25) is 11.8 Å². The van der Waals surface area contributed by atoms with Crippen molar-refractivity contribution in [1.82, 2.24) is 19.8 Å². The van der Waals surface area contributed by atoms with Gasteiger partial charge in [-0.2, -0.15) is 15.2 Å². The number of benzene rings is 1. The van der Waals surface area contributed by atoms with Crippen LogP contribution in [0.3, 0.4) is 0 Å². The van der Waals surface area contributed by atoms with Crippen LogP contribution >= 0.6 is 0 Å². The van der Waals surface area contributed by atoms with Crippen molar-refractivity contribution in [1.29, 1.82) is 5.26 Å². The molecule has 0 bridgehead atoms. The maximum Gasteiger partial charge on any atom is 0.318 e. The summed E-state index contributed by atoms with van der Waals surface area (Å²) in [6.07, 6.45) is 5.52. The summed E-state index contributed by atoms with van der Waals surface area (Å²) in [6.45, 7) is 6.71. The average molecular weight is 542 g/mol. The van der Waals surface area contributed by atoms with Crippen molar-refractivity contribution in [2.24, 2.45) is 0 Å². The molecule has 10 heteroatoms. The minimum atomic E-state index is -0.670. The smallest absolute Gasteiger partial charge is 0.318 e. The number of ether oxygens (including phenoxy) is 1. The van der Waals surface area contributed by atoms with E-state index >= 15 is 0 Å². The molecule has 1 N–H and O–H groups in total. The van der Waals surface area contributed by atoms with E-state index in [0.29, 0.717) is 57.6 Å². The molecular weight excluding hydrogens is 506 g/mol. The van der Waals surface area contributed by atoms with Crippen molar-refractivity contribution in [3.8, 4) is 12.1 Å². The summed E-state index contributed by atoms with van der Waals surface area (Å²) >= 11 is 0. The minimum absolute atomic E-state index is 0.0141. The van der Waals surface area contributed by atoms with E-state index in [1.165, 1.54) is 6.08 Å². The Morgan fingerprint density at radius 1 is 1.27 bits per heavy atom. The van der Waals surface area contributed by atoms with Gasteiger partial charge in [-0.15, -0.1) is 0 Å². The third kappa shape index (κ3) is 4.48. The first-order valence-corrected chi connectivity index (χ1v) is 14.1. The van der Waals surface area contributed by atoms with Crippen molar-refractivity contribution in [3.63, 3.8) is 0 Å². The fourth-order valence-corrected chi connectivity index (χ4v) is 6.83. The average Bonchev–Trinajstić information content (AvgIpc) is 3.50. The largest absolute Gasteiger partial charge is 0.462 e. The van der Waals surface area contributed by atoms with Crippen molar-refractivity contribution in [2.75, 3.05) is 50.1 Å². The number of carbonyl (C=O) groups is 2. The van der Waals surface area contributed by atoms with Crippen LogP contribution in [0.1, 0.15) is 42.5 Å². The lowest BCUT2D eigenvalue weighted by molar-refractivity contribution is -0.128. The number of nitrogens with one attached hydrogen (secondary N) is 1. The lowest BCUT2D eigenvalue weighted by Gasteiger charge is -2.42. The first-order chi connectivity index (χ1) is 19.4. The van der Waals surface area contributed by atoms with Gasteiger partial charge in [0, 0.05) is 43.3 Å². The summed E-state index contributed by atoms with van der Waals surface area (Å²) in [5, 5.41) is 12.6. The number of aromatic nitrogens is 2. The number of piperazine rings is 1. The minimum Gasteiger partial charge on any atom is -0.462 e. The molecule has 10 nitrogen and oxygen atoms in total. The van der Waals surface area contributed by atoms with Gasteiger partial charge < -0.3 is 24.8 Å². The second-order valence-electron chi connectivity index (χ2n) is 11.3. The number of fused-ring (bicyclic) bond motifs is 3. The van der Waals surface area contributed by atoms with Crippen molar-refractivity contribution >= 4 is 23.3 Å². The SMILES string of the molecule is C=CC(=O)N1CCN(c2nc(OC[C@@H]3CCCN3C)nc3c2CCC2(C3)C(=O)Nc3ccccc32)CC1CC#N. The Kier molecular flexibility index (Phi) is 6.92. The Balaban J connectivity index is 1.35. The zero-order valence-electron chi connectivity index (χ0n) is 22.9. The number of nitriles is 1. The molecule has 1 aromatic heterocycles. The Hall–Kier alpha value is -3.97. The van der Waals surface area contributed by atoms with Gasteiger partial charge in [-0.1, -0.05) is 24.8 Å². The van der Waals surface area contributed by atoms with Crippen LogP contribution in [0.4, 0.5) is 11.5 Å². The van der Waals surface area contributed by atoms with Crippen LogP contribution < -0.4 is 15.0 Å². The summed E-state index contributed by atoms with van der Waals surface area (Å²) in [5.74, 6) is 0.636. The van der Waals surface area contributed by atoms with Gasteiger partial charge in [0.15, 0.2) is 0 Å². The van der Waals surface area contributed by atoms with Crippen LogP contribution in [-0.4, -0.2) is 83.5 Å². The Morgan fingerprint density at radius 3 is 2.90 bits per heavy atom. The van der Waals surface area contributed by atoms with E-state index in [0.717, 1.165) is 47.7 Å². The molecule has 2 fully saturated rings. The lowest BCUT2D eigenvalue weighted by Crippen LogP contribution is -2.55. The Morgan fingerprint density at radius 2 is 2.12 bits per heavy atom. The summed E-state index contributed by atoms with van der Waals surface area (Å²) < 4.78 is 6.24. The number of amides is 2. The fraction of sp³-hybridized carbons (Fsp3) is 0.500. The molecule has 6 rings (SSSR count). The Labute approximate surface area is 234 Å². The molecule has 3 atom stereocenters. The van der Waals surface area contributed by atoms with Crippen molar-refractivity contribution < 1.29 is 14.3 Å². The second-order valence-corrected chi connectivity index (χ2v) is 11.3. The van der Waals surface area contributed by atoms with Crippen LogP contribution in [0.5, 0.6) is 6.01 Å². The van der Waals surface area contributed by atoms with Crippen LogP contribution in [0, 0.1) is 11.3 Å². The van der Waals surface area contributed by atoms with Crippen molar-refractivity contribution in [3.05, 3.63) is 53.7 Å². The molecule has 2 aromatic rings. The number of para-hydroxylation sites is 1. The zero-order valence-corrected chi connectivity index (χ0v) is 22.9. The highest BCUT2D eigenvalue weighted by Crippen LogP contribution is 2.47. The third-order valence-corrected chi connectivity index (χ3v) is 9.09. The predicted molar refractivity (Wildman–Crippen MR) is 150 cm³/mol. The number of hydrogen-bond donors (Lipinski definition) is 1. The summed E-state index contributed by atoms with van der Waals surface area (Å²) in [5.41, 5.74) is 3.07. The van der Waals surface area contributed by atoms with Crippen molar-refractivity contribution in [2.45, 2.75) is 56.0 Å². The van der Waals surface area contributed by atoms with Crippen LogP contribution in [0.25, 0.3) is 0 Å². The topological polar surface area (TPSA) is 115 Å². The van der Waals surface area contributed by atoms with Gasteiger partial charge >= 0.3 is 6.01 Å². The molecule has 2 amide bonds. The van der Waals surface area contributed by atoms with E-state index in [4.69, 9.17) is 14.7 Å². The lowest BCUT2D eigenvalue weighted by atomic mass is 9.69. The van der Waals surface area contributed by atoms with Gasteiger partial charge in [-0.05, 0) is 57.0 Å². The molecular formula is C30H35N7O3. The van der Waals surface area contributed by atoms with Gasteiger partial charge in [0.1, 0.15) is 12.4 Å². The van der Waals surface area contributed by atoms with Crippen LogP contribution in [-0.2, 0) is 27.8 Å². The van der Waals surface area contributed by atoms with E-state index in [1.807, 2.05) is 24.3 Å². The maximum absolute atomic E-state index is 13.4.